The highest BCUT2D eigenvalue weighted by Gasteiger charge is 2.48. The molecule has 0 radical (unpaired) electrons. The summed E-state index contributed by atoms with van der Waals surface area (Å²) >= 11 is 0. The standard InChI is InChI=1S/C89H147N23O24/c1-45(2)41-56(101-76(132)85(17,18)107-68(124)55(36-39-60(92)117)98-63(119)47(5)94-74(130)83(13,14)105-65(121)49(7)96-75(131)84(15,16)106-64(120)48(6)95-73(129)82(11,12)103-50(8)114)69(125)108-81(9,10)72(128)93-43-61(118)104-87(21,22)78(134)111-89(25,26)80(136)112-40-30-33-57(112)70(126)102-62(46(3)4)71(127)109-88(23,24)79(135)110-86(19,20)77(133)100-54(35-38-59(91)116)67(123)99-53(34-37-58(90)115)66(122)97-52(44-113)42-51-31-28-27-29-32-51/h27-29,31-32,45-49,52-57,62,113H,30,33-44H2,1-26H3,(H2,90,115)(H2,91,116)(H2,92,117)(H,93,128)(H,94,130)(H,95,129)(H,96,131)(H,97,122)(H,98,119)(H,99,123)(H,100,133)(H,101,132)(H,102,126)(H,103,114)(H,104,118)(H,105,121)(H,106,120)(H,107,124)(H,108,125)(H,109,127)(H,110,135)(H,111,134)/t47-,48-,49-,52-,53-,54-,55-,56-,57-,62-/m0/s1. The predicted octanol–water partition coefficient (Wildman–Crippen LogP) is -5.68. The van der Waals surface area contributed by atoms with Crippen LogP contribution >= 0.6 is 0 Å². The molecule has 47 heteroatoms. The number of nitrogens with zero attached hydrogens (tertiary/aromatic N) is 1. The van der Waals surface area contributed by atoms with Crippen LogP contribution < -0.4 is 118 Å². The summed E-state index contributed by atoms with van der Waals surface area (Å²) in [5, 5.41) is 57.9. The van der Waals surface area contributed by atoms with Crippen molar-refractivity contribution in [3.8, 4) is 0 Å². The molecule has 2 rings (SSSR count). The predicted molar refractivity (Wildman–Crippen MR) is 495 cm³/mol. The lowest BCUT2D eigenvalue weighted by Gasteiger charge is -2.36. The van der Waals surface area contributed by atoms with E-state index in [1.165, 1.54) is 157 Å². The molecule has 1 aliphatic rings. The maximum Gasteiger partial charge on any atom is 0.248 e. The number of nitrogens with one attached hydrogen (secondary N) is 19. The number of aliphatic hydroxyl groups excluding tert-OH is 1. The lowest BCUT2D eigenvalue weighted by Crippen LogP contribution is -2.66. The van der Waals surface area contributed by atoms with E-state index in [1.54, 1.807) is 58.0 Å². The fourth-order valence-corrected chi connectivity index (χ4v) is 13.3. The van der Waals surface area contributed by atoms with E-state index in [9.17, 15) is 115 Å². The number of aliphatic hydroxyl groups is 1. The Morgan fingerprint density at radius 3 is 1.15 bits per heavy atom. The molecular formula is C89H147N23O24. The number of primary amides is 3. The summed E-state index contributed by atoms with van der Waals surface area (Å²) in [6, 6.07) is -4.51. The van der Waals surface area contributed by atoms with Crippen LogP contribution in [0, 0.1) is 11.8 Å². The van der Waals surface area contributed by atoms with Gasteiger partial charge >= 0.3 is 0 Å². The zero-order valence-electron chi connectivity index (χ0n) is 83.0. The highest BCUT2D eigenvalue weighted by molar-refractivity contribution is 6.05. The van der Waals surface area contributed by atoms with Crippen LogP contribution in [0.25, 0.3) is 0 Å². The summed E-state index contributed by atoms with van der Waals surface area (Å²) in [7, 11) is 0. The van der Waals surface area contributed by atoms with Gasteiger partial charge in [0.05, 0.1) is 19.2 Å². The van der Waals surface area contributed by atoms with E-state index in [-0.39, 0.29) is 44.6 Å². The van der Waals surface area contributed by atoms with Gasteiger partial charge in [0.25, 0.3) is 0 Å². The molecule has 0 bridgehead atoms. The summed E-state index contributed by atoms with van der Waals surface area (Å²) < 4.78 is 0. The van der Waals surface area contributed by atoms with E-state index < -0.39 is 291 Å². The van der Waals surface area contributed by atoms with E-state index >= 15 is 0 Å². The van der Waals surface area contributed by atoms with Crippen LogP contribution in [0.2, 0.25) is 0 Å². The molecule has 0 spiro atoms. The van der Waals surface area contributed by atoms with Crippen molar-refractivity contribution in [2.45, 2.75) is 354 Å². The number of carbonyl (C=O) groups excluding carboxylic acids is 23. The quantitative estimate of drug-likeness (QED) is 0.0289. The first-order chi connectivity index (χ1) is 62.1. The summed E-state index contributed by atoms with van der Waals surface area (Å²) in [5.74, 6) is -20.9. The highest BCUT2D eigenvalue weighted by atomic mass is 16.3. The Morgan fingerprint density at radius 2 is 0.721 bits per heavy atom. The Morgan fingerprint density at radius 1 is 0.375 bits per heavy atom. The molecule has 0 unspecified atom stereocenters. The largest absolute Gasteiger partial charge is 0.394 e. The van der Waals surface area contributed by atoms with Gasteiger partial charge in [-0.15, -0.1) is 0 Å². The molecule has 0 saturated carbocycles. The minimum atomic E-state index is -1.91. The average Bonchev–Trinajstić information content (AvgIpc) is 0.898. The third-order valence-electron chi connectivity index (χ3n) is 21.9. The van der Waals surface area contributed by atoms with Crippen LogP contribution in [0.15, 0.2) is 30.3 Å². The van der Waals surface area contributed by atoms with Gasteiger partial charge in [-0.25, -0.2) is 0 Å². The zero-order valence-corrected chi connectivity index (χ0v) is 83.0. The minimum absolute atomic E-state index is 0.0222. The zero-order chi connectivity index (χ0) is 105. The monoisotopic (exact) mass is 1920 g/mol. The normalized spacial score (nSPS) is 15.2. The summed E-state index contributed by atoms with van der Waals surface area (Å²) in [6.07, 6.45) is -1.85. The smallest absolute Gasteiger partial charge is 0.248 e. The second-order valence-corrected chi connectivity index (χ2v) is 39.8. The second-order valence-electron chi connectivity index (χ2n) is 39.8. The van der Waals surface area contributed by atoms with Crippen LogP contribution in [0.1, 0.15) is 243 Å². The SMILES string of the molecule is CC(=O)NC(C)(C)C(=O)N[C@@H](C)C(=O)NC(C)(C)C(=O)N[C@@H](C)C(=O)NC(C)(C)C(=O)N[C@@H](C)C(=O)N[C@@H](CCC(N)=O)C(=O)NC(C)(C)C(=O)N[C@@H](CC(C)C)C(=O)NC(C)(C)C(=O)NCC(=O)NC(C)(C)C(=O)NC(C)(C)C(=O)N1CCC[C@H]1C(=O)N[C@H](C(=O)NC(C)(C)C(=O)NC(C)(C)C(=O)N[C@@H](CCC(N)=O)C(=O)N[C@@H](CCC(N)=O)C(=O)N[C@H](CO)Cc1ccccc1)C(C)C. The molecule has 23 amide bonds. The van der Waals surface area contributed by atoms with Crippen molar-refractivity contribution in [2.75, 3.05) is 19.7 Å². The third kappa shape index (κ3) is 38.0. The van der Waals surface area contributed by atoms with Crippen LogP contribution in [0.5, 0.6) is 0 Å². The molecule has 1 saturated heterocycles. The van der Waals surface area contributed by atoms with Crippen molar-refractivity contribution in [3.05, 3.63) is 35.9 Å². The second kappa shape index (κ2) is 50.0. The lowest BCUT2D eigenvalue weighted by molar-refractivity contribution is -0.146. The first kappa shape index (κ1) is 119. The summed E-state index contributed by atoms with van der Waals surface area (Å²) in [4.78, 5) is 311. The van der Waals surface area contributed by atoms with E-state index in [0.717, 1.165) is 5.56 Å². The van der Waals surface area contributed by atoms with Gasteiger partial charge in [-0.1, -0.05) is 58.0 Å². The fourth-order valence-electron chi connectivity index (χ4n) is 13.3. The Bertz CT molecular complexity index is 4600. The number of likely N-dealkylation sites (tertiary alicyclic amines) is 1. The van der Waals surface area contributed by atoms with E-state index in [2.05, 4.69) is 101 Å². The number of amides is 23. The molecule has 10 atom stereocenters. The number of benzene rings is 1. The molecule has 47 nitrogen and oxygen atoms in total. The number of nitrogens with two attached hydrogens (primary N) is 3. The first-order valence-electron chi connectivity index (χ1n) is 44.8. The van der Waals surface area contributed by atoms with Crippen LogP contribution in [-0.2, 0) is 117 Å². The fraction of sp³-hybridized carbons (Fsp3) is 0.674. The van der Waals surface area contributed by atoms with Gasteiger partial charge in [-0.2, -0.15) is 0 Å². The maximum absolute atomic E-state index is 14.5. The van der Waals surface area contributed by atoms with Gasteiger partial charge in [0.1, 0.15) is 104 Å². The molecule has 762 valence electrons. The molecule has 1 fully saturated rings. The van der Waals surface area contributed by atoms with E-state index in [1.807, 2.05) is 0 Å². The van der Waals surface area contributed by atoms with Gasteiger partial charge in [-0.05, 0) is 208 Å². The summed E-state index contributed by atoms with van der Waals surface area (Å²) in [6.45, 7) is 34.1. The molecular weight excluding hydrogens is 1780 g/mol. The number of hydrogen-bond donors (Lipinski definition) is 23. The number of carbonyl (C=O) groups is 23. The van der Waals surface area contributed by atoms with Crippen molar-refractivity contribution < 1.29 is 115 Å². The van der Waals surface area contributed by atoms with E-state index in [4.69, 9.17) is 17.2 Å². The molecule has 1 heterocycles. The van der Waals surface area contributed by atoms with Crippen molar-refractivity contribution in [1.82, 2.24) is 106 Å². The highest BCUT2D eigenvalue weighted by Crippen LogP contribution is 2.25. The first-order valence-corrected chi connectivity index (χ1v) is 44.8. The third-order valence-corrected chi connectivity index (χ3v) is 21.9. The molecule has 26 N–H and O–H groups in total. The topological polar surface area (TPSA) is 723 Å². The molecule has 1 aromatic carbocycles. The maximum atomic E-state index is 14.5. The van der Waals surface area contributed by atoms with Gasteiger partial charge in [-0.3, -0.25) is 110 Å². The molecule has 1 aliphatic heterocycles. The molecule has 0 aromatic heterocycles. The van der Waals surface area contributed by atoms with Crippen molar-refractivity contribution in [2.24, 2.45) is 29.0 Å². The van der Waals surface area contributed by atoms with Crippen LogP contribution in [0.4, 0.5) is 0 Å². The van der Waals surface area contributed by atoms with E-state index in [0.29, 0.717) is 6.42 Å². The average molecular weight is 1920 g/mol. The number of hydrogen-bond acceptors (Lipinski definition) is 24. The van der Waals surface area contributed by atoms with Gasteiger partial charge in [0, 0.05) is 32.7 Å². The molecule has 0 aliphatic carbocycles. The Hall–Kier alpha value is -13.0. The van der Waals surface area contributed by atoms with Crippen molar-refractivity contribution >= 4 is 136 Å². The Kier molecular flexibility index (Phi) is 43.8. The molecule has 1 aromatic rings. The molecule has 136 heavy (non-hydrogen) atoms. The van der Waals surface area contributed by atoms with Gasteiger partial charge < -0.3 is 128 Å². The van der Waals surface area contributed by atoms with Crippen LogP contribution in [0.3, 0.4) is 0 Å². The number of rotatable bonds is 53. The van der Waals surface area contributed by atoms with Gasteiger partial charge in [0.15, 0.2) is 0 Å². The minimum Gasteiger partial charge on any atom is -0.394 e. The summed E-state index contributed by atoms with van der Waals surface area (Å²) in [5.41, 5.74) is 1.08. The van der Waals surface area contributed by atoms with Gasteiger partial charge in [0.2, 0.25) is 136 Å². The Balaban J connectivity index is 2.14. The van der Waals surface area contributed by atoms with Crippen LogP contribution in [-0.4, -0.2) is 276 Å². The van der Waals surface area contributed by atoms with Crippen molar-refractivity contribution in [3.63, 3.8) is 0 Å². The lowest BCUT2D eigenvalue weighted by atomic mass is 9.96. The van der Waals surface area contributed by atoms with Crippen molar-refractivity contribution in [1.29, 1.82) is 0 Å². The Labute approximate surface area is 792 Å².